The average Bonchev–Trinajstić information content (AvgIpc) is 2.46. The number of halogens is 1. The summed E-state index contributed by atoms with van der Waals surface area (Å²) in [7, 11) is 0. The van der Waals surface area contributed by atoms with Crippen molar-refractivity contribution in [3.05, 3.63) is 58.6 Å². The largest absolute Gasteiger partial charge is 0.492 e. The van der Waals surface area contributed by atoms with Crippen LogP contribution in [0.25, 0.3) is 0 Å². The highest BCUT2D eigenvalue weighted by molar-refractivity contribution is 9.10. The van der Waals surface area contributed by atoms with Gasteiger partial charge in [-0.25, -0.2) is 0 Å². The Morgan fingerprint density at radius 3 is 2.68 bits per heavy atom. The van der Waals surface area contributed by atoms with Gasteiger partial charge in [-0.3, -0.25) is 0 Å². The van der Waals surface area contributed by atoms with Crippen molar-refractivity contribution in [2.24, 2.45) is 0 Å². The van der Waals surface area contributed by atoms with E-state index in [0.717, 1.165) is 15.9 Å². The van der Waals surface area contributed by atoms with E-state index in [-0.39, 0.29) is 0 Å². The second kappa shape index (κ2) is 6.81. The third-order valence-electron chi connectivity index (χ3n) is 2.51. The molecule has 0 saturated carbocycles. The van der Waals surface area contributed by atoms with Gasteiger partial charge in [0.15, 0.2) is 0 Å². The Hall–Kier alpha value is -1.99. The van der Waals surface area contributed by atoms with Crippen LogP contribution in [-0.2, 0) is 0 Å². The van der Waals surface area contributed by atoms with E-state index >= 15 is 0 Å². The normalized spacial score (nSPS) is 9.68. The van der Waals surface area contributed by atoms with Crippen molar-refractivity contribution in [1.29, 1.82) is 5.26 Å². The van der Waals surface area contributed by atoms with Gasteiger partial charge < -0.3 is 10.1 Å². The zero-order valence-corrected chi connectivity index (χ0v) is 11.9. The first-order valence-corrected chi connectivity index (χ1v) is 6.69. The smallest absolute Gasteiger partial charge is 0.119 e. The second-order valence-corrected chi connectivity index (χ2v) is 4.84. The van der Waals surface area contributed by atoms with Crippen LogP contribution in [0.5, 0.6) is 5.75 Å². The number of nitrogens with one attached hydrogen (secondary N) is 1. The van der Waals surface area contributed by atoms with Gasteiger partial charge >= 0.3 is 0 Å². The number of rotatable bonds is 5. The number of ether oxygens (including phenoxy) is 1. The average molecular weight is 317 g/mol. The van der Waals surface area contributed by atoms with Gasteiger partial charge in [0.1, 0.15) is 12.4 Å². The Bertz CT molecular complexity index is 575. The van der Waals surface area contributed by atoms with Gasteiger partial charge in [0, 0.05) is 16.7 Å². The van der Waals surface area contributed by atoms with E-state index in [1.165, 1.54) is 0 Å². The Morgan fingerprint density at radius 2 is 1.95 bits per heavy atom. The fourth-order valence-electron chi connectivity index (χ4n) is 1.59. The van der Waals surface area contributed by atoms with Gasteiger partial charge in [-0.2, -0.15) is 5.26 Å². The van der Waals surface area contributed by atoms with Gasteiger partial charge in [0.05, 0.1) is 11.6 Å². The highest BCUT2D eigenvalue weighted by atomic mass is 79.9. The molecule has 0 aromatic heterocycles. The summed E-state index contributed by atoms with van der Waals surface area (Å²) in [6.07, 6.45) is 0. The van der Waals surface area contributed by atoms with Crippen LogP contribution < -0.4 is 10.1 Å². The Kier molecular flexibility index (Phi) is 4.82. The van der Waals surface area contributed by atoms with Crippen LogP contribution in [0.1, 0.15) is 5.56 Å². The fourth-order valence-corrected chi connectivity index (χ4v) is 1.86. The molecule has 2 aromatic carbocycles. The van der Waals surface area contributed by atoms with E-state index in [2.05, 4.69) is 27.3 Å². The quantitative estimate of drug-likeness (QED) is 0.853. The molecule has 0 atom stereocenters. The number of anilines is 1. The van der Waals surface area contributed by atoms with Crippen LogP contribution in [0, 0.1) is 11.3 Å². The first kappa shape index (κ1) is 13.4. The van der Waals surface area contributed by atoms with Crippen molar-refractivity contribution >= 4 is 21.6 Å². The molecule has 4 heteroatoms. The molecule has 0 spiro atoms. The molecule has 0 fully saturated rings. The highest BCUT2D eigenvalue weighted by Gasteiger charge is 1.96. The number of nitriles is 1. The monoisotopic (exact) mass is 316 g/mol. The van der Waals surface area contributed by atoms with Crippen molar-refractivity contribution in [2.45, 2.75) is 0 Å². The minimum absolute atomic E-state index is 0.568. The molecule has 0 unspecified atom stereocenters. The molecule has 0 aliphatic rings. The molecule has 96 valence electrons. The highest BCUT2D eigenvalue weighted by Crippen LogP contribution is 2.16. The molecule has 2 aromatic rings. The molecule has 0 aliphatic heterocycles. The summed E-state index contributed by atoms with van der Waals surface area (Å²) in [6.45, 7) is 1.25. The molecule has 1 N–H and O–H groups in total. The lowest BCUT2D eigenvalue weighted by Crippen LogP contribution is -2.11. The number of benzene rings is 2. The molecule has 19 heavy (non-hydrogen) atoms. The Morgan fingerprint density at radius 1 is 1.16 bits per heavy atom. The van der Waals surface area contributed by atoms with Crippen LogP contribution in [0.4, 0.5) is 5.69 Å². The van der Waals surface area contributed by atoms with Gasteiger partial charge in [-0.1, -0.05) is 22.0 Å². The van der Waals surface area contributed by atoms with Crippen LogP contribution >= 0.6 is 15.9 Å². The molecule has 3 nitrogen and oxygen atoms in total. The maximum atomic E-state index is 8.80. The van der Waals surface area contributed by atoms with E-state index in [9.17, 15) is 0 Å². The topological polar surface area (TPSA) is 45.0 Å². The van der Waals surface area contributed by atoms with E-state index in [1.54, 1.807) is 6.07 Å². The summed E-state index contributed by atoms with van der Waals surface area (Å²) in [6, 6.07) is 17.2. The van der Waals surface area contributed by atoms with Crippen LogP contribution in [0.15, 0.2) is 53.0 Å². The van der Waals surface area contributed by atoms with Crippen molar-refractivity contribution in [3.8, 4) is 11.8 Å². The van der Waals surface area contributed by atoms with Crippen LogP contribution in [0.3, 0.4) is 0 Å². The lowest BCUT2D eigenvalue weighted by atomic mass is 10.2. The Balaban J connectivity index is 1.77. The third-order valence-corrected chi connectivity index (χ3v) is 3.03. The van der Waals surface area contributed by atoms with E-state index in [1.807, 2.05) is 42.5 Å². The van der Waals surface area contributed by atoms with E-state index in [4.69, 9.17) is 10.00 Å². The Labute approximate surface area is 121 Å². The maximum Gasteiger partial charge on any atom is 0.119 e. The van der Waals surface area contributed by atoms with Gasteiger partial charge in [0.25, 0.3) is 0 Å². The second-order valence-electron chi connectivity index (χ2n) is 3.92. The minimum atomic E-state index is 0.568. The zero-order valence-electron chi connectivity index (χ0n) is 10.3. The van der Waals surface area contributed by atoms with Crippen molar-refractivity contribution in [3.63, 3.8) is 0 Å². The SMILES string of the molecule is N#Cc1cccc(NCCOc2ccc(Br)cc2)c1. The molecule has 0 radical (unpaired) electrons. The number of hydrogen-bond donors (Lipinski definition) is 1. The first-order valence-electron chi connectivity index (χ1n) is 5.90. The molecule has 0 heterocycles. The van der Waals surface area contributed by atoms with Gasteiger partial charge in [-0.05, 0) is 42.5 Å². The van der Waals surface area contributed by atoms with Gasteiger partial charge in [0.2, 0.25) is 0 Å². The molecule has 0 bridgehead atoms. The molecule has 0 amide bonds. The first-order chi connectivity index (χ1) is 9.28. The van der Waals surface area contributed by atoms with Gasteiger partial charge in [-0.15, -0.1) is 0 Å². The van der Waals surface area contributed by atoms with Crippen molar-refractivity contribution in [1.82, 2.24) is 0 Å². The minimum Gasteiger partial charge on any atom is -0.492 e. The third kappa shape index (κ3) is 4.31. The summed E-state index contributed by atoms with van der Waals surface area (Å²) in [5, 5.41) is 12.0. The maximum absolute atomic E-state index is 8.80. The molecule has 0 aliphatic carbocycles. The fraction of sp³-hybridized carbons (Fsp3) is 0.133. The predicted molar refractivity (Wildman–Crippen MR) is 79.3 cm³/mol. The molecule has 0 saturated heterocycles. The zero-order chi connectivity index (χ0) is 13.5. The number of nitrogens with zero attached hydrogens (tertiary/aromatic N) is 1. The number of hydrogen-bond acceptors (Lipinski definition) is 3. The summed E-state index contributed by atoms with van der Waals surface area (Å²) in [4.78, 5) is 0. The molecular weight excluding hydrogens is 304 g/mol. The van der Waals surface area contributed by atoms with E-state index in [0.29, 0.717) is 18.7 Å². The van der Waals surface area contributed by atoms with E-state index < -0.39 is 0 Å². The summed E-state index contributed by atoms with van der Waals surface area (Å²) >= 11 is 3.38. The summed E-state index contributed by atoms with van der Waals surface area (Å²) in [5.74, 6) is 0.843. The predicted octanol–water partition coefficient (Wildman–Crippen LogP) is 3.81. The molecule has 2 rings (SSSR count). The molecular formula is C15H13BrN2O. The van der Waals surface area contributed by atoms with Crippen molar-refractivity contribution in [2.75, 3.05) is 18.5 Å². The van der Waals surface area contributed by atoms with Crippen LogP contribution in [0.2, 0.25) is 0 Å². The summed E-state index contributed by atoms with van der Waals surface area (Å²) < 4.78 is 6.62. The van der Waals surface area contributed by atoms with Crippen molar-refractivity contribution < 1.29 is 4.74 Å². The lowest BCUT2D eigenvalue weighted by Gasteiger charge is -2.08. The summed E-state index contributed by atoms with van der Waals surface area (Å²) in [5.41, 5.74) is 1.58. The lowest BCUT2D eigenvalue weighted by molar-refractivity contribution is 0.333. The van der Waals surface area contributed by atoms with Crippen LogP contribution in [-0.4, -0.2) is 13.2 Å². The standard InChI is InChI=1S/C15H13BrN2O/c16-13-4-6-15(7-5-13)19-9-8-18-14-3-1-2-12(10-14)11-17/h1-7,10,18H,8-9H2.